The Morgan fingerprint density at radius 2 is 1.86 bits per heavy atom. The fourth-order valence-electron chi connectivity index (χ4n) is 1.53. The second-order valence-electron chi connectivity index (χ2n) is 3.39. The first kappa shape index (κ1) is 9.65. The highest BCUT2D eigenvalue weighted by Gasteiger charge is 2.20. The third-order valence-corrected chi connectivity index (χ3v) is 3.53. The molecular formula is C10H12N2OS. The summed E-state index contributed by atoms with van der Waals surface area (Å²) < 4.78 is 0. The topological polar surface area (TPSA) is 42.9 Å². The molecule has 1 aromatic rings. The molecule has 14 heavy (non-hydrogen) atoms. The molecule has 0 amide bonds. The van der Waals surface area contributed by atoms with E-state index in [1.165, 1.54) is 0 Å². The highest BCUT2D eigenvalue weighted by Crippen LogP contribution is 2.29. The maximum atomic E-state index is 11.0. The summed E-state index contributed by atoms with van der Waals surface area (Å²) in [6.07, 6.45) is 6.91. The largest absolute Gasteiger partial charge is 0.300 e. The highest BCUT2D eigenvalue weighted by molar-refractivity contribution is 7.99. The zero-order chi connectivity index (χ0) is 9.80. The van der Waals surface area contributed by atoms with E-state index in [9.17, 15) is 4.79 Å². The summed E-state index contributed by atoms with van der Waals surface area (Å²) in [6.45, 7) is 0. The van der Waals surface area contributed by atoms with Gasteiger partial charge >= 0.3 is 0 Å². The third kappa shape index (κ3) is 2.54. The van der Waals surface area contributed by atoms with Crippen LogP contribution in [0.15, 0.2) is 23.6 Å². The van der Waals surface area contributed by atoms with Gasteiger partial charge in [0.05, 0.1) is 0 Å². The Morgan fingerprint density at radius 3 is 2.50 bits per heavy atom. The quantitative estimate of drug-likeness (QED) is 0.698. The average molecular weight is 208 g/mol. The van der Waals surface area contributed by atoms with Crippen molar-refractivity contribution in [1.82, 2.24) is 9.97 Å². The Balaban J connectivity index is 1.89. The van der Waals surface area contributed by atoms with Crippen LogP contribution in [-0.2, 0) is 4.79 Å². The molecule has 74 valence electrons. The van der Waals surface area contributed by atoms with Crippen molar-refractivity contribution in [3.05, 3.63) is 18.5 Å². The predicted molar refractivity (Wildman–Crippen MR) is 55.2 cm³/mol. The first-order chi connectivity index (χ1) is 6.84. The molecule has 0 aliphatic heterocycles. The molecule has 1 aromatic heterocycles. The molecule has 1 aliphatic carbocycles. The standard InChI is InChI=1S/C10H12N2OS/c13-8-2-4-9(5-3-8)14-10-11-6-1-7-12-10/h1,6-7,9H,2-5H2. The summed E-state index contributed by atoms with van der Waals surface area (Å²) in [4.78, 5) is 19.3. The molecule has 0 N–H and O–H groups in total. The van der Waals surface area contributed by atoms with Crippen LogP contribution in [-0.4, -0.2) is 21.0 Å². The van der Waals surface area contributed by atoms with Gasteiger partial charge in [-0.15, -0.1) is 0 Å². The van der Waals surface area contributed by atoms with Gasteiger partial charge in [-0.2, -0.15) is 0 Å². The fourth-order valence-corrected chi connectivity index (χ4v) is 2.54. The monoisotopic (exact) mass is 208 g/mol. The highest BCUT2D eigenvalue weighted by atomic mass is 32.2. The number of aromatic nitrogens is 2. The molecular weight excluding hydrogens is 196 g/mol. The smallest absolute Gasteiger partial charge is 0.187 e. The van der Waals surface area contributed by atoms with Crippen molar-refractivity contribution in [3.8, 4) is 0 Å². The number of carbonyl (C=O) groups excluding carboxylic acids is 1. The van der Waals surface area contributed by atoms with Crippen molar-refractivity contribution in [2.45, 2.75) is 36.1 Å². The number of rotatable bonds is 2. The van der Waals surface area contributed by atoms with E-state index in [2.05, 4.69) is 9.97 Å². The fraction of sp³-hybridized carbons (Fsp3) is 0.500. The SMILES string of the molecule is O=C1CCC(Sc2ncccn2)CC1. The Labute approximate surface area is 87.3 Å². The summed E-state index contributed by atoms with van der Waals surface area (Å²) in [5, 5.41) is 1.35. The molecule has 1 fully saturated rings. The number of hydrogen-bond acceptors (Lipinski definition) is 4. The van der Waals surface area contributed by atoms with Gasteiger partial charge in [0.1, 0.15) is 5.78 Å². The minimum atomic E-state index is 0.399. The minimum absolute atomic E-state index is 0.399. The second kappa shape index (κ2) is 4.55. The number of carbonyl (C=O) groups is 1. The van der Waals surface area contributed by atoms with E-state index >= 15 is 0 Å². The van der Waals surface area contributed by atoms with Gasteiger partial charge in [-0.1, -0.05) is 11.8 Å². The van der Waals surface area contributed by atoms with Crippen molar-refractivity contribution in [1.29, 1.82) is 0 Å². The number of hydrogen-bond donors (Lipinski definition) is 0. The van der Waals surface area contributed by atoms with E-state index in [0.29, 0.717) is 11.0 Å². The lowest BCUT2D eigenvalue weighted by molar-refractivity contribution is -0.120. The van der Waals surface area contributed by atoms with E-state index < -0.39 is 0 Å². The maximum Gasteiger partial charge on any atom is 0.187 e. The summed E-state index contributed by atoms with van der Waals surface area (Å²) in [5.41, 5.74) is 0. The average Bonchev–Trinajstić information content (AvgIpc) is 2.23. The lowest BCUT2D eigenvalue weighted by atomic mass is 9.99. The first-order valence-corrected chi connectivity index (χ1v) is 5.68. The van der Waals surface area contributed by atoms with Gasteiger partial charge in [-0.05, 0) is 18.9 Å². The van der Waals surface area contributed by atoms with E-state index in [4.69, 9.17) is 0 Å². The molecule has 0 radical (unpaired) electrons. The van der Waals surface area contributed by atoms with E-state index in [1.807, 2.05) is 6.07 Å². The van der Waals surface area contributed by atoms with Gasteiger partial charge in [-0.25, -0.2) is 9.97 Å². The summed E-state index contributed by atoms with van der Waals surface area (Å²) in [6, 6.07) is 1.81. The lowest BCUT2D eigenvalue weighted by Crippen LogP contribution is -2.15. The van der Waals surface area contributed by atoms with Gasteiger partial charge in [0.25, 0.3) is 0 Å². The molecule has 1 saturated carbocycles. The maximum absolute atomic E-state index is 11.0. The van der Waals surface area contributed by atoms with Gasteiger partial charge in [-0.3, -0.25) is 4.79 Å². The van der Waals surface area contributed by atoms with Crippen molar-refractivity contribution in [3.63, 3.8) is 0 Å². The van der Waals surface area contributed by atoms with Gasteiger partial charge in [0, 0.05) is 30.5 Å². The molecule has 0 atom stereocenters. The van der Waals surface area contributed by atoms with E-state index in [1.54, 1.807) is 24.2 Å². The van der Waals surface area contributed by atoms with Gasteiger partial charge < -0.3 is 0 Å². The Morgan fingerprint density at radius 1 is 1.21 bits per heavy atom. The van der Waals surface area contributed by atoms with Crippen LogP contribution in [0, 0.1) is 0 Å². The Bertz CT molecular complexity index is 305. The van der Waals surface area contributed by atoms with Crippen molar-refractivity contribution >= 4 is 17.5 Å². The van der Waals surface area contributed by atoms with Crippen LogP contribution >= 0.6 is 11.8 Å². The van der Waals surface area contributed by atoms with Crippen molar-refractivity contribution in [2.75, 3.05) is 0 Å². The molecule has 0 unspecified atom stereocenters. The zero-order valence-electron chi connectivity index (χ0n) is 7.85. The predicted octanol–water partition coefficient (Wildman–Crippen LogP) is 2.08. The van der Waals surface area contributed by atoms with Crippen molar-refractivity contribution < 1.29 is 4.79 Å². The minimum Gasteiger partial charge on any atom is -0.300 e. The van der Waals surface area contributed by atoms with Crippen LogP contribution in [0.3, 0.4) is 0 Å². The first-order valence-electron chi connectivity index (χ1n) is 4.80. The van der Waals surface area contributed by atoms with Crippen molar-refractivity contribution in [2.24, 2.45) is 0 Å². The summed E-state index contributed by atoms with van der Waals surface area (Å²) in [5.74, 6) is 0.399. The Hall–Kier alpha value is -0.900. The number of thioether (sulfide) groups is 1. The van der Waals surface area contributed by atoms with Crippen LogP contribution in [0.1, 0.15) is 25.7 Å². The van der Waals surface area contributed by atoms with Gasteiger partial charge in [0.15, 0.2) is 5.16 Å². The van der Waals surface area contributed by atoms with E-state index in [0.717, 1.165) is 30.8 Å². The molecule has 1 heterocycles. The molecule has 4 heteroatoms. The zero-order valence-corrected chi connectivity index (χ0v) is 8.67. The molecule has 0 spiro atoms. The molecule has 1 aliphatic rings. The number of ketones is 1. The molecule has 2 rings (SSSR count). The number of nitrogens with zero attached hydrogens (tertiary/aromatic N) is 2. The van der Waals surface area contributed by atoms with Crippen LogP contribution < -0.4 is 0 Å². The molecule has 0 aromatic carbocycles. The lowest BCUT2D eigenvalue weighted by Gasteiger charge is -2.18. The van der Waals surface area contributed by atoms with Crippen LogP contribution in [0.5, 0.6) is 0 Å². The molecule has 0 bridgehead atoms. The van der Waals surface area contributed by atoms with Gasteiger partial charge in [0.2, 0.25) is 0 Å². The molecule has 3 nitrogen and oxygen atoms in total. The number of Topliss-reactive ketones (excluding diaryl/α,β-unsaturated/α-hetero) is 1. The summed E-state index contributed by atoms with van der Waals surface area (Å²) in [7, 11) is 0. The Kier molecular flexibility index (Phi) is 3.14. The normalized spacial score (nSPS) is 18.4. The third-order valence-electron chi connectivity index (χ3n) is 2.30. The molecule has 0 saturated heterocycles. The summed E-state index contributed by atoms with van der Waals surface area (Å²) >= 11 is 1.69. The van der Waals surface area contributed by atoms with Crippen LogP contribution in [0.4, 0.5) is 0 Å². The van der Waals surface area contributed by atoms with E-state index in [-0.39, 0.29) is 0 Å². The second-order valence-corrected chi connectivity index (χ2v) is 4.65. The van der Waals surface area contributed by atoms with Crippen LogP contribution in [0.2, 0.25) is 0 Å². The van der Waals surface area contributed by atoms with Crippen LogP contribution in [0.25, 0.3) is 0 Å².